The third-order valence-corrected chi connectivity index (χ3v) is 14.8. The Morgan fingerprint density at radius 2 is 1.32 bits per heavy atom. The van der Waals surface area contributed by atoms with Gasteiger partial charge in [0.05, 0.1) is 21.8 Å². The molecule has 0 fully saturated rings. The lowest BCUT2D eigenvalue weighted by Crippen LogP contribution is -2.43. The molecule has 0 radical (unpaired) electrons. The third kappa shape index (κ3) is 5.14. The second-order valence-electron chi connectivity index (χ2n) is 18.0. The van der Waals surface area contributed by atoms with Gasteiger partial charge in [-0.15, -0.1) is 0 Å². The molecule has 2 heterocycles. The molecule has 1 aliphatic heterocycles. The van der Waals surface area contributed by atoms with E-state index in [0.29, 0.717) is 5.92 Å². The van der Waals surface area contributed by atoms with Crippen LogP contribution in [0.5, 0.6) is 5.75 Å². The number of nitrogens with zero attached hydrogens (tertiary/aromatic N) is 2. The van der Waals surface area contributed by atoms with Crippen molar-refractivity contribution in [2.24, 2.45) is 5.92 Å². The summed E-state index contributed by atoms with van der Waals surface area (Å²) in [6.07, 6.45) is 25.9. The lowest BCUT2D eigenvalue weighted by atomic mass is 9.58. The Morgan fingerprint density at radius 1 is 0.603 bits per heavy atom. The largest absolute Gasteiger partial charge is 0.460 e. The van der Waals surface area contributed by atoms with Gasteiger partial charge in [-0.05, 0) is 101 Å². The molecule has 302 valence electrons. The number of hydrogen-bond acceptors (Lipinski definition) is 2. The quantitative estimate of drug-likeness (QED) is 0.172. The summed E-state index contributed by atoms with van der Waals surface area (Å²) in [6.45, 7) is 2.44. The van der Waals surface area contributed by atoms with Gasteiger partial charge in [0, 0.05) is 62.9 Å². The minimum absolute atomic E-state index is 0.166. The maximum Gasteiger partial charge on any atom is 0.141 e. The number of para-hydroxylation sites is 1. The molecule has 0 bridgehead atoms. The topological polar surface area (TPSA) is 17.4 Å². The van der Waals surface area contributed by atoms with Gasteiger partial charge in [0.15, 0.2) is 0 Å². The van der Waals surface area contributed by atoms with Crippen LogP contribution < -0.4 is 9.64 Å². The Kier molecular flexibility index (Phi) is 7.97. The van der Waals surface area contributed by atoms with Crippen LogP contribution in [0.1, 0.15) is 54.4 Å². The number of aromatic nitrogens is 1. The average Bonchev–Trinajstić information content (AvgIpc) is 3.81. The molecule has 63 heavy (non-hydrogen) atoms. The van der Waals surface area contributed by atoms with Gasteiger partial charge >= 0.3 is 0 Å². The van der Waals surface area contributed by atoms with E-state index in [2.05, 4.69) is 229 Å². The van der Waals surface area contributed by atoms with Gasteiger partial charge in [0.25, 0.3) is 0 Å². The fourth-order valence-corrected chi connectivity index (χ4v) is 12.1. The van der Waals surface area contributed by atoms with E-state index in [4.69, 9.17) is 4.74 Å². The number of benzene rings is 7. The van der Waals surface area contributed by atoms with E-state index < -0.39 is 5.41 Å². The van der Waals surface area contributed by atoms with E-state index in [0.717, 1.165) is 59.0 Å². The number of allylic oxidation sites excluding steroid dienone is 12. The molecule has 7 aromatic carbocycles. The summed E-state index contributed by atoms with van der Waals surface area (Å²) in [7, 11) is 0. The van der Waals surface area contributed by atoms with Crippen LogP contribution >= 0.6 is 0 Å². The molecule has 1 aromatic heterocycles. The summed E-state index contributed by atoms with van der Waals surface area (Å²) in [5.41, 5.74) is 12.9. The predicted molar refractivity (Wildman–Crippen MR) is 261 cm³/mol. The summed E-state index contributed by atoms with van der Waals surface area (Å²) < 4.78 is 9.89. The Balaban J connectivity index is 1.02. The highest BCUT2D eigenvalue weighted by Crippen LogP contribution is 2.67. The number of ether oxygens (including phenoxy) is 1. The first kappa shape index (κ1) is 36.3. The van der Waals surface area contributed by atoms with Crippen LogP contribution in [0, 0.1) is 5.92 Å². The molecule has 0 N–H and O–H groups in total. The SMILES string of the molecule is CC12C=CC=CC1C1(C3=C(CCC=C3)Oc3c1ccc1c3c3c4ccccc4ccc3n1-c1ccc(N(c3ccccc3)c3ccc(C4C=CC=CC4)cc3)cc1)c1ccccc12. The normalized spacial score (nSPS) is 22.7. The Labute approximate surface area is 368 Å². The molecule has 4 aliphatic carbocycles. The molecule has 0 saturated heterocycles. The highest BCUT2D eigenvalue weighted by Gasteiger charge is 2.61. The van der Waals surface area contributed by atoms with Crippen LogP contribution in [-0.2, 0) is 10.8 Å². The monoisotopic (exact) mass is 810 g/mol. The molecule has 8 aromatic rings. The van der Waals surface area contributed by atoms with E-state index >= 15 is 0 Å². The van der Waals surface area contributed by atoms with Crippen molar-refractivity contribution in [2.45, 2.75) is 42.9 Å². The Hall–Kier alpha value is -7.36. The van der Waals surface area contributed by atoms with E-state index in [9.17, 15) is 0 Å². The van der Waals surface area contributed by atoms with E-state index in [-0.39, 0.29) is 11.3 Å². The smallest absolute Gasteiger partial charge is 0.141 e. The van der Waals surface area contributed by atoms with Crippen molar-refractivity contribution >= 4 is 49.6 Å². The fourth-order valence-electron chi connectivity index (χ4n) is 12.1. The molecule has 3 nitrogen and oxygen atoms in total. The number of rotatable bonds is 5. The van der Waals surface area contributed by atoms with Crippen LogP contribution in [0.25, 0.3) is 38.3 Å². The second-order valence-corrected chi connectivity index (χ2v) is 18.0. The van der Waals surface area contributed by atoms with Crippen LogP contribution in [0.4, 0.5) is 17.1 Å². The van der Waals surface area contributed by atoms with Crippen molar-refractivity contribution in [1.29, 1.82) is 0 Å². The highest BCUT2D eigenvalue weighted by atomic mass is 16.5. The van der Waals surface area contributed by atoms with E-state index in [1.54, 1.807) is 0 Å². The zero-order chi connectivity index (χ0) is 41.7. The molecule has 3 heteroatoms. The maximum absolute atomic E-state index is 7.42. The lowest BCUT2D eigenvalue weighted by Gasteiger charge is -2.46. The third-order valence-electron chi connectivity index (χ3n) is 14.8. The van der Waals surface area contributed by atoms with Gasteiger partial charge in [0.2, 0.25) is 0 Å². The van der Waals surface area contributed by atoms with Crippen molar-refractivity contribution in [3.8, 4) is 11.4 Å². The van der Waals surface area contributed by atoms with Gasteiger partial charge in [-0.1, -0.05) is 159 Å². The maximum atomic E-state index is 7.42. The zero-order valence-corrected chi connectivity index (χ0v) is 35.3. The Bertz CT molecular complexity index is 3360. The minimum atomic E-state index is -0.412. The van der Waals surface area contributed by atoms with Crippen molar-refractivity contribution in [2.75, 3.05) is 4.90 Å². The van der Waals surface area contributed by atoms with E-state index in [1.165, 1.54) is 54.9 Å². The van der Waals surface area contributed by atoms with Crippen molar-refractivity contribution in [3.05, 3.63) is 246 Å². The fraction of sp³-hybridized carbons (Fsp3) is 0.133. The van der Waals surface area contributed by atoms with Crippen molar-refractivity contribution in [3.63, 3.8) is 0 Å². The summed E-state index contributed by atoms with van der Waals surface area (Å²) in [6, 6.07) is 56.4. The van der Waals surface area contributed by atoms with Crippen molar-refractivity contribution in [1.82, 2.24) is 4.57 Å². The summed E-state index contributed by atoms with van der Waals surface area (Å²) in [4.78, 5) is 2.36. The minimum Gasteiger partial charge on any atom is -0.460 e. The van der Waals surface area contributed by atoms with Gasteiger partial charge < -0.3 is 14.2 Å². The van der Waals surface area contributed by atoms with Crippen LogP contribution in [-0.4, -0.2) is 4.57 Å². The molecule has 5 aliphatic rings. The van der Waals surface area contributed by atoms with Crippen molar-refractivity contribution < 1.29 is 4.74 Å². The van der Waals surface area contributed by atoms with Crippen LogP contribution in [0.15, 0.2) is 224 Å². The summed E-state index contributed by atoms with van der Waals surface area (Å²) in [5.74, 6) is 2.69. The zero-order valence-electron chi connectivity index (χ0n) is 35.3. The summed E-state index contributed by atoms with van der Waals surface area (Å²) >= 11 is 0. The second kappa shape index (κ2) is 13.8. The lowest BCUT2D eigenvalue weighted by molar-refractivity contribution is 0.304. The molecule has 4 atom stereocenters. The van der Waals surface area contributed by atoms with Gasteiger partial charge in [-0.2, -0.15) is 0 Å². The molecule has 0 amide bonds. The van der Waals surface area contributed by atoms with Gasteiger partial charge in [-0.3, -0.25) is 0 Å². The number of anilines is 3. The molecular weight excluding hydrogens is 765 g/mol. The summed E-state index contributed by atoms with van der Waals surface area (Å²) in [5, 5.41) is 4.87. The van der Waals surface area contributed by atoms with Crippen LogP contribution in [0.3, 0.4) is 0 Å². The standard InChI is InChI=1S/C60H46N2O/c1-59-39-15-14-26-55(59)60(49-23-11-10-22-48(49)59)50-24-12-13-25-54(50)63-58-51(60)36-38-53-57(58)56-47-21-9-8-18-42(47)29-37-52(56)62(53)46-34-32-45(33-35-46)61(43-19-6-3-7-20-43)44-30-27-41(28-31-44)40-16-4-2-5-17-40/h2-12,14-16,18-24,26-40,55H,13,17,25H2,1H3. The molecule has 13 rings (SSSR count). The first-order valence-corrected chi connectivity index (χ1v) is 22.6. The average molecular weight is 811 g/mol. The molecule has 4 unspecified atom stereocenters. The predicted octanol–water partition coefficient (Wildman–Crippen LogP) is 15.3. The highest BCUT2D eigenvalue weighted by molar-refractivity contribution is 6.23. The molecule has 0 saturated carbocycles. The number of hydrogen-bond donors (Lipinski definition) is 0. The first-order valence-electron chi connectivity index (χ1n) is 22.6. The van der Waals surface area contributed by atoms with Gasteiger partial charge in [0.1, 0.15) is 11.5 Å². The number of fused-ring (bicyclic) bond motifs is 14. The van der Waals surface area contributed by atoms with E-state index in [1.807, 2.05) is 0 Å². The Morgan fingerprint density at radius 3 is 2.14 bits per heavy atom. The van der Waals surface area contributed by atoms with Gasteiger partial charge in [-0.25, -0.2) is 0 Å². The van der Waals surface area contributed by atoms with Crippen LogP contribution in [0.2, 0.25) is 0 Å². The molecule has 1 spiro atoms. The molecular formula is C60H46N2O. The first-order chi connectivity index (χ1) is 31.1.